The molecule has 0 unspecified atom stereocenters. The highest BCUT2D eigenvalue weighted by atomic mass is 35.5. The van der Waals surface area contributed by atoms with Gasteiger partial charge in [0.05, 0.1) is 51.0 Å². The quantitative estimate of drug-likeness (QED) is 0.332. The zero-order chi connectivity index (χ0) is 23.6. The first-order chi connectivity index (χ1) is 15.1. The summed E-state index contributed by atoms with van der Waals surface area (Å²) in [6.45, 7) is 6.17. The summed E-state index contributed by atoms with van der Waals surface area (Å²) in [5.74, 6) is -0.565. The molecule has 0 aliphatic carbocycles. The Morgan fingerprint density at radius 3 is 2.44 bits per heavy atom. The molecule has 2 heterocycles. The summed E-state index contributed by atoms with van der Waals surface area (Å²) < 4.78 is 3.23. The van der Waals surface area contributed by atoms with Crippen LogP contribution in [0.5, 0.6) is 0 Å². The van der Waals surface area contributed by atoms with E-state index in [1.807, 2.05) is 19.9 Å². The molecule has 0 fully saturated rings. The third-order valence-electron chi connectivity index (χ3n) is 5.03. The molecular formula is C20H21Cl3N6O3. The van der Waals surface area contributed by atoms with Crippen molar-refractivity contribution in [2.24, 2.45) is 0 Å². The van der Waals surface area contributed by atoms with E-state index in [-0.39, 0.29) is 23.2 Å². The molecule has 3 rings (SSSR count). The molecule has 1 N–H and O–H groups in total. The number of rotatable bonds is 8. The maximum atomic E-state index is 12.5. The lowest BCUT2D eigenvalue weighted by Gasteiger charge is -2.08. The molecule has 12 heteroatoms. The summed E-state index contributed by atoms with van der Waals surface area (Å²) in [7, 11) is 0. The summed E-state index contributed by atoms with van der Waals surface area (Å²) >= 11 is 18.0. The number of carbonyl (C=O) groups is 1. The second kappa shape index (κ2) is 9.89. The number of carbonyl (C=O) groups excluding carboxylic acids is 1. The van der Waals surface area contributed by atoms with Crippen molar-refractivity contribution in [1.29, 1.82) is 0 Å². The Kier molecular flexibility index (Phi) is 7.43. The highest BCUT2D eigenvalue weighted by Crippen LogP contribution is 2.27. The van der Waals surface area contributed by atoms with E-state index in [1.165, 1.54) is 4.68 Å². The van der Waals surface area contributed by atoms with Crippen molar-refractivity contribution in [2.45, 2.75) is 46.7 Å². The SMILES string of the molecule is Cc1nn(Cc2ccc(Cl)c(Cl)c2)c(C)c1NC(=O)CCCn1nc([N+](=O)[O-])c(Cl)c1C. The van der Waals surface area contributed by atoms with Crippen LogP contribution in [0.15, 0.2) is 18.2 Å². The lowest BCUT2D eigenvalue weighted by molar-refractivity contribution is -0.389. The third kappa shape index (κ3) is 5.23. The lowest BCUT2D eigenvalue weighted by atomic mass is 10.2. The largest absolute Gasteiger partial charge is 0.408 e. The summed E-state index contributed by atoms with van der Waals surface area (Å²) in [4.78, 5) is 22.8. The molecule has 9 nitrogen and oxygen atoms in total. The molecule has 2 aromatic heterocycles. The molecule has 32 heavy (non-hydrogen) atoms. The van der Waals surface area contributed by atoms with Gasteiger partial charge in [-0.15, -0.1) is 0 Å². The van der Waals surface area contributed by atoms with E-state index in [9.17, 15) is 14.9 Å². The van der Waals surface area contributed by atoms with E-state index in [1.54, 1.807) is 23.7 Å². The summed E-state index contributed by atoms with van der Waals surface area (Å²) in [5.41, 5.74) is 3.59. The second-order valence-corrected chi connectivity index (χ2v) is 8.50. The average Bonchev–Trinajstić information content (AvgIpc) is 3.16. The molecule has 1 aromatic carbocycles. The Morgan fingerprint density at radius 1 is 1.09 bits per heavy atom. The Balaban J connectivity index is 1.61. The zero-order valence-electron chi connectivity index (χ0n) is 17.7. The van der Waals surface area contributed by atoms with Crippen LogP contribution >= 0.6 is 34.8 Å². The van der Waals surface area contributed by atoms with Gasteiger partial charge in [-0.2, -0.15) is 9.78 Å². The number of benzene rings is 1. The lowest BCUT2D eigenvalue weighted by Crippen LogP contribution is -2.14. The van der Waals surface area contributed by atoms with Crippen molar-refractivity contribution in [1.82, 2.24) is 19.6 Å². The maximum absolute atomic E-state index is 12.5. The van der Waals surface area contributed by atoms with Crippen LogP contribution in [-0.4, -0.2) is 30.4 Å². The summed E-state index contributed by atoms with van der Waals surface area (Å²) in [5, 5.41) is 23.2. The number of anilines is 1. The Hall–Kier alpha value is -2.62. The molecule has 170 valence electrons. The van der Waals surface area contributed by atoms with Crippen LogP contribution in [0, 0.1) is 30.9 Å². The van der Waals surface area contributed by atoms with Crippen LogP contribution < -0.4 is 5.32 Å². The Labute approximate surface area is 199 Å². The van der Waals surface area contributed by atoms with Crippen molar-refractivity contribution in [2.75, 3.05) is 5.32 Å². The predicted octanol–water partition coefficient (Wildman–Crippen LogP) is 5.34. The molecule has 0 saturated carbocycles. The van der Waals surface area contributed by atoms with E-state index >= 15 is 0 Å². The van der Waals surface area contributed by atoms with Crippen molar-refractivity contribution < 1.29 is 9.72 Å². The average molecular weight is 500 g/mol. The second-order valence-electron chi connectivity index (χ2n) is 7.31. The zero-order valence-corrected chi connectivity index (χ0v) is 19.9. The molecular weight excluding hydrogens is 479 g/mol. The first kappa shape index (κ1) is 24.0. The number of hydrogen-bond donors (Lipinski definition) is 1. The van der Waals surface area contributed by atoms with Gasteiger partial charge in [0, 0.05) is 6.42 Å². The molecule has 0 radical (unpaired) electrons. The van der Waals surface area contributed by atoms with Crippen molar-refractivity contribution in [3.63, 3.8) is 0 Å². The van der Waals surface area contributed by atoms with Gasteiger partial charge in [-0.3, -0.25) is 9.48 Å². The van der Waals surface area contributed by atoms with Crippen LogP contribution in [0.2, 0.25) is 15.1 Å². The summed E-state index contributed by atoms with van der Waals surface area (Å²) in [6.07, 6.45) is 0.652. The molecule has 0 aliphatic rings. The fourth-order valence-electron chi connectivity index (χ4n) is 3.28. The van der Waals surface area contributed by atoms with Crippen LogP contribution in [-0.2, 0) is 17.9 Å². The monoisotopic (exact) mass is 498 g/mol. The summed E-state index contributed by atoms with van der Waals surface area (Å²) in [6, 6.07) is 5.39. The number of nitro groups is 1. The van der Waals surface area contributed by atoms with E-state index in [0.717, 1.165) is 11.3 Å². The molecule has 0 aliphatic heterocycles. The number of halogens is 3. The molecule has 3 aromatic rings. The number of amides is 1. The molecule has 1 amide bonds. The van der Waals surface area contributed by atoms with Gasteiger partial charge >= 0.3 is 5.82 Å². The van der Waals surface area contributed by atoms with Gasteiger partial charge in [-0.1, -0.05) is 40.9 Å². The number of aryl methyl sites for hydroxylation is 2. The number of hydrogen-bond acceptors (Lipinski definition) is 5. The van der Waals surface area contributed by atoms with Gasteiger partial charge in [0.25, 0.3) is 0 Å². The minimum absolute atomic E-state index is 0.0140. The normalized spacial score (nSPS) is 11.1. The first-order valence-electron chi connectivity index (χ1n) is 9.73. The highest BCUT2D eigenvalue weighted by molar-refractivity contribution is 6.42. The third-order valence-corrected chi connectivity index (χ3v) is 6.21. The minimum atomic E-state index is -0.625. The molecule has 0 spiro atoms. The van der Waals surface area contributed by atoms with Crippen LogP contribution in [0.25, 0.3) is 0 Å². The standard InChI is InChI=1S/C20H21Cl3N6O3/c1-11-19(13(3)28(25-11)10-14-6-7-15(21)16(22)9-14)24-17(30)5-4-8-27-12(2)18(23)20(26-27)29(31)32/h6-7,9H,4-5,8,10H2,1-3H3,(H,24,30). The van der Waals surface area contributed by atoms with Crippen molar-refractivity contribution in [3.05, 3.63) is 66.0 Å². The maximum Gasteiger partial charge on any atom is 0.408 e. The number of nitrogens with one attached hydrogen (secondary N) is 1. The topological polar surface area (TPSA) is 108 Å². The van der Waals surface area contributed by atoms with E-state index < -0.39 is 4.92 Å². The van der Waals surface area contributed by atoms with Gasteiger partial charge in [0.2, 0.25) is 5.91 Å². The molecule has 0 bridgehead atoms. The van der Waals surface area contributed by atoms with E-state index in [4.69, 9.17) is 34.8 Å². The van der Waals surface area contributed by atoms with Crippen LogP contribution in [0.3, 0.4) is 0 Å². The fourth-order valence-corrected chi connectivity index (χ4v) is 3.80. The van der Waals surface area contributed by atoms with Crippen molar-refractivity contribution in [3.8, 4) is 0 Å². The van der Waals surface area contributed by atoms with Crippen LogP contribution in [0.4, 0.5) is 11.5 Å². The van der Waals surface area contributed by atoms with E-state index in [2.05, 4.69) is 15.5 Å². The molecule has 0 saturated heterocycles. The van der Waals surface area contributed by atoms with Gasteiger partial charge in [0.15, 0.2) is 5.02 Å². The Bertz CT molecular complexity index is 1190. The number of aromatic nitrogens is 4. The number of nitrogens with zero attached hydrogens (tertiary/aromatic N) is 5. The van der Waals surface area contributed by atoms with Gasteiger partial charge in [0.1, 0.15) is 0 Å². The van der Waals surface area contributed by atoms with Gasteiger partial charge < -0.3 is 15.4 Å². The van der Waals surface area contributed by atoms with Gasteiger partial charge in [-0.05, 0) is 49.8 Å². The fraction of sp³-hybridized carbons (Fsp3) is 0.350. The van der Waals surface area contributed by atoms with E-state index in [0.29, 0.717) is 46.6 Å². The smallest absolute Gasteiger partial charge is 0.358 e. The van der Waals surface area contributed by atoms with Gasteiger partial charge in [-0.25, -0.2) is 0 Å². The highest BCUT2D eigenvalue weighted by Gasteiger charge is 2.23. The van der Waals surface area contributed by atoms with Crippen molar-refractivity contribution >= 4 is 52.2 Å². The minimum Gasteiger partial charge on any atom is -0.358 e. The molecule has 0 atom stereocenters. The predicted molar refractivity (Wildman–Crippen MR) is 124 cm³/mol. The van der Waals surface area contributed by atoms with Crippen LogP contribution in [0.1, 0.15) is 35.5 Å². The first-order valence-corrected chi connectivity index (χ1v) is 10.9. The Morgan fingerprint density at radius 2 is 1.81 bits per heavy atom.